The summed E-state index contributed by atoms with van der Waals surface area (Å²) >= 11 is 0. The molecule has 4 unspecified atom stereocenters. The Labute approximate surface area is 273 Å². The number of anilines is 3. The molecular weight excluding hydrogens is 580 g/mol. The maximum atomic E-state index is 6.58. The monoisotopic (exact) mass is 614 g/mol. The Hall–Kier alpha value is -5.56. The number of para-hydroxylation sites is 3. The highest BCUT2D eigenvalue weighted by atomic mass is 16.3. The van der Waals surface area contributed by atoms with E-state index in [2.05, 4.69) is 165 Å². The van der Waals surface area contributed by atoms with Gasteiger partial charge in [-0.3, -0.25) is 0 Å². The molecular formula is C40H34N6O. The summed E-state index contributed by atoms with van der Waals surface area (Å²) in [5, 5.41) is 2.33. The molecule has 7 heterocycles. The third-order valence-corrected chi connectivity index (χ3v) is 11.1. The smallest absolute Gasteiger partial charge is 0.159 e. The van der Waals surface area contributed by atoms with Gasteiger partial charge in [-0.05, 0) is 47.9 Å². The molecule has 5 aromatic rings. The number of furan rings is 1. The van der Waals surface area contributed by atoms with Crippen LogP contribution in [0, 0.1) is 0 Å². The first-order valence-electron chi connectivity index (χ1n) is 16.7. The third kappa shape index (κ3) is 3.36. The molecule has 6 aliphatic heterocycles. The van der Waals surface area contributed by atoms with E-state index < -0.39 is 0 Å². The second kappa shape index (κ2) is 9.26. The lowest BCUT2D eigenvalue weighted by atomic mass is 9.88. The van der Waals surface area contributed by atoms with Crippen LogP contribution in [0.5, 0.6) is 0 Å². The predicted octanol–water partition coefficient (Wildman–Crippen LogP) is 7.62. The number of fused-ring (bicyclic) bond motifs is 15. The normalized spacial score (nSPS) is 25.7. The van der Waals surface area contributed by atoms with E-state index in [1.807, 2.05) is 0 Å². The molecule has 4 atom stereocenters. The van der Waals surface area contributed by atoms with Gasteiger partial charge in [0.1, 0.15) is 24.1 Å². The molecule has 0 spiro atoms. The fourth-order valence-electron chi connectivity index (χ4n) is 9.11. The van der Waals surface area contributed by atoms with E-state index in [9.17, 15) is 0 Å². The molecule has 7 nitrogen and oxygen atoms in total. The number of hydrogen-bond donors (Lipinski definition) is 0. The highest BCUT2D eigenvalue weighted by Gasteiger charge is 2.46. The second-order valence-corrected chi connectivity index (χ2v) is 13.5. The fraction of sp³-hybridized carbons (Fsp3) is 0.200. The van der Waals surface area contributed by atoms with E-state index in [4.69, 9.17) is 4.42 Å². The van der Waals surface area contributed by atoms with E-state index >= 15 is 0 Å². The number of likely N-dealkylation sites (N-methyl/N-ethyl adjacent to an activating group) is 1. The van der Waals surface area contributed by atoms with E-state index in [-0.39, 0.29) is 24.4 Å². The Morgan fingerprint density at radius 3 is 2.23 bits per heavy atom. The molecule has 0 saturated carbocycles. The minimum atomic E-state index is 0.0375. The molecule has 11 rings (SSSR count). The standard InChI is InChI=1S/C40H34N6O/c1-41-19-22-46-37-27(15-16-28-26-9-4-7-14-34(26)47-38(28)37)31(39(41)46)25-35-42-17-8-18-43-21-24-45-33-13-6-3-11-30(33)36(40(43)45)29-10-2-5-12-32(29)44(35)23-20-42/h2-7,9-16,19-25,35-36,39-40H,8,17-18H2,1H3/b31-25-. The fourth-order valence-corrected chi connectivity index (χ4v) is 9.11. The summed E-state index contributed by atoms with van der Waals surface area (Å²) in [6.45, 7) is 1.98. The number of benzene rings is 4. The molecule has 47 heavy (non-hydrogen) atoms. The van der Waals surface area contributed by atoms with Gasteiger partial charge in [0.2, 0.25) is 0 Å². The van der Waals surface area contributed by atoms with Crippen LogP contribution in [0.1, 0.15) is 29.0 Å². The van der Waals surface area contributed by atoms with Gasteiger partial charge in [-0.1, -0.05) is 60.7 Å². The zero-order valence-electron chi connectivity index (χ0n) is 26.1. The Morgan fingerprint density at radius 2 is 1.36 bits per heavy atom. The maximum absolute atomic E-state index is 6.58. The predicted molar refractivity (Wildman–Crippen MR) is 188 cm³/mol. The topological polar surface area (TPSA) is 32.6 Å². The lowest BCUT2D eigenvalue weighted by Crippen LogP contribution is -2.40. The van der Waals surface area contributed by atoms with Crippen LogP contribution >= 0.6 is 0 Å². The van der Waals surface area contributed by atoms with Gasteiger partial charge in [-0.15, -0.1) is 0 Å². The zero-order valence-corrected chi connectivity index (χ0v) is 26.1. The Bertz CT molecular complexity index is 2250. The largest absolute Gasteiger partial charge is 0.454 e. The Morgan fingerprint density at radius 1 is 0.660 bits per heavy atom. The van der Waals surface area contributed by atoms with Crippen LogP contribution in [0.25, 0.3) is 27.5 Å². The van der Waals surface area contributed by atoms with Crippen molar-refractivity contribution in [1.29, 1.82) is 0 Å². The van der Waals surface area contributed by atoms with Crippen LogP contribution in [0.4, 0.5) is 17.1 Å². The SMILES string of the molecule is CN1C=CN2c3c(ccc4c3oc3ccccc34)/C(=C/C3N4C=CN3c3ccccc3C3c5ccccc5N5C=CN(CCC4)C35)C12. The average molecular weight is 615 g/mol. The molecule has 7 heteroatoms. The second-order valence-electron chi connectivity index (χ2n) is 13.5. The molecule has 230 valence electrons. The molecule has 0 amide bonds. The van der Waals surface area contributed by atoms with Crippen LogP contribution in [0.15, 0.2) is 133 Å². The van der Waals surface area contributed by atoms with Gasteiger partial charge >= 0.3 is 0 Å². The van der Waals surface area contributed by atoms with Crippen molar-refractivity contribution in [2.24, 2.45) is 0 Å². The number of nitrogens with zero attached hydrogens (tertiary/aromatic N) is 6. The van der Waals surface area contributed by atoms with E-state index in [1.54, 1.807) is 0 Å². The number of hydrogen-bond acceptors (Lipinski definition) is 7. The summed E-state index contributed by atoms with van der Waals surface area (Å²) in [6.07, 6.45) is 17.6. The molecule has 6 aliphatic rings. The van der Waals surface area contributed by atoms with E-state index in [0.717, 1.165) is 41.7 Å². The summed E-state index contributed by atoms with van der Waals surface area (Å²) in [6, 6.07) is 31.0. The summed E-state index contributed by atoms with van der Waals surface area (Å²) in [5.41, 5.74) is 11.0. The van der Waals surface area contributed by atoms with Gasteiger partial charge in [0.05, 0.1) is 11.6 Å². The molecule has 1 aromatic heterocycles. The molecule has 0 N–H and O–H groups in total. The highest BCUT2D eigenvalue weighted by Crippen LogP contribution is 2.53. The van der Waals surface area contributed by atoms with E-state index in [1.165, 1.54) is 39.0 Å². The van der Waals surface area contributed by atoms with Crippen molar-refractivity contribution in [1.82, 2.24) is 14.7 Å². The first kappa shape index (κ1) is 25.6. The first-order valence-corrected chi connectivity index (χ1v) is 16.7. The van der Waals surface area contributed by atoms with Crippen LogP contribution in [-0.4, -0.2) is 53.3 Å². The van der Waals surface area contributed by atoms with Crippen molar-refractivity contribution >= 4 is 44.6 Å². The van der Waals surface area contributed by atoms with E-state index in [0.29, 0.717) is 0 Å². The van der Waals surface area contributed by atoms with Crippen molar-refractivity contribution < 1.29 is 4.42 Å². The van der Waals surface area contributed by atoms with Gasteiger partial charge in [0.25, 0.3) is 0 Å². The van der Waals surface area contributed by atoms with Gasteiger partial charge in [0.15, 0.2) is 5.58 Å². The van der Waals surface area contributed by atoms with Gasteiger partial charge in [-0.25, -0.2) is 0 Å². The third-order valence-electron chi connectivity index (χ3n) is 11.1. The Balaban J connectivity index is 1.09. The summed E-state index contributed by atoms with van der Waals surface area (Å²) < 4.78 is 6.58. The van der Waals surface area contributed by atoms with Crippen molar-refractivity contribution in [3.63, 3.8) is 0 Å². The lowest BCUT2D eigenvalue weighted by molar-refractivity contribution is 0.263. The van der Waals surface area contributed by atoms with Crippen molar-refractivity contribution in [2.75, 3.05) is 34.8 Å². The van der Waals surface area contributed by atoms with Crippen LogP contribution in [0.2, 0.25) is 0 Å². The van der Waals surface area contributed by atoms with Crippen molar-refractivity contribution in [3.8, 4) is 0 Å². The molecule has 4 aromatic carbocycles. The molecule has 0 fully saturated rings. The van der Waals surface area contributed by atoms with Gasteiger partial charge < -0.3 is 33.8 Å². The summed E-state index contributed by atoms with van der Waals surface area (Å²) in [4.78, 5) is 14.8. The first-order chi connectivity index (χ1) is 23.2. The quantitative estimate of drug-likeness (QED) is 0.192. The number of rotatable bonds is 1. The van der Waals surface area contributed by atoms with Crippen molar-refractivity contribution in [2.45, 2.75) is 30.8 Å². The minimum Gasteiger partial charge on any atom is -0.454 e. The lowest BCUT2D eigenvalue weighted by Gasteiger charge is -2.34. The maximum Gasteiger partial charge on any atom is 0.159 e. The zero-order chi connectivity index (χ0) is 30.8. The van der Waals surface area contributed by atoms with Gasteiger partial charge in [-0.2, -0.15) is 0 Å². The van der Waals surface area contributed by atoms with Crippen LogP contribution in [0.3, 0.4) is 0 Å². The van der Waals surface area contributed by atoms with Gasteiger partial charge in [0, 0.05) is 90.6 Å². The molecule has 0 radical (unpaired) electrons. The van der Waals surface area contributed by atoms with Crippen LogP contribution < -0.4 is 14.7 Å². The average Bonchev–Trinajstić information content (AvgIpc) is 3.94. The minimum absolute atomic E-state index is 0.0375. The highest BCUT2D eigenvalue weighted by molar-refractivity contribution is 6.13. The Kier molecular flexibility index (Phi) is 5.04. The van der Waals surface area contributed by atoms with Crippen molar-refractivity contribution in [3.05, 3.63) is 145 Å². The summed E-state index contributed by atoms with van der Waals surface area (Å²) in [7, 11) is 2.18. The summed E-state index contributed by atoms with van der Waals surface area (Å²) in [5.74, 6) is 0.237. The molecule has 2 bridgehead atoms. The molecule has 0 saturated heterocycles. The van der Waals surface area contributed by atoms with Crippen LogP contribution in [-0.2, 0) is 0 Å². The molecule has 0 aliphatic carbocycles.